The third-order valence-electron chi connectivity index (χ3n) is 2.31. The van der Waals surface area contributed by atoms with Gasteiger partial charge in [-0.15, -0.1) is 11.6 Å². The molecule has 1 aromatic carbocycles. The van der Waals surface area contributed by atoms with Crippen LogP contribution in [0.4, 0.5) is 10.1 Å². The average molecular weight is 283 g/mol. The van der Waals surface area contributed by atoms with Crippen LogP contribution in [-0.2, 0) is 5.88 Å². The van der Waals surface area contributed by atoms with Crippen LogP contribution in [0.3, 0.4) is 0 Å². The molecular weight excluding hydrogens is 275 g/mol. The molecule has 0 spiro atoms. The Labute approximate surface area is 112 Å². The summed E-state index contributed by atoms with van der Waals surface area (Å²) in [4.78, 5) is 13.8. The van der Waals surface area contributed by atoms with E-state index in [1.54, 1.807) is 0 Å². The first-order chi connectivity index (χ1) is 9.10. The van der Waals surface area contributed by atoms with E-state index in [2.05, 4.69) is 4.98 Å². The van der Waals surface area contributed by atoms with Crippen molar-refractivity contribution in [1.29, 1.82) is 0 Å². The van der Waals surface area contributed by atoms with Gasteiger partial charge in [-0.1, -0.05) is 0 Å². The summed E-state index contributed by atoms with van der Waals surface area (Å²) in [6.45, 7) is 0. The molecule has 7 heteroatoms. The maximum Gasteiger partial charge on any atom is 0.272 e. The smallest absolute Gasteiger partial charge is 0.272 e. The highest BCUT2D eigenvalue weighted by atomic mass is 35.5. The minimum absolute atomic E-state index is 0.205. The summed E-state index contributed by atoms with van der Waals surface area (Å²) in [6, 6.07) is 3.40. The number of oxazole rings is 1. The average Bonchev–Trinajstić information content (AvgIpc) is 2.85. The Morgan fingerprint density at radius 3 is 2.84 bits per heavy atom. The molecule has 0 aliphatic heterocycles. The van der Waals surface area contributed by atoms with Crippen molar-refractivity contribution in [3.05, 3.63) is 57.5 Å². The van der Waals surface area contributed by atoms with E-state index in [-0.39, 0.29) is 23.0 Å². The molecule has 0 aliphatic carbocycles. The molecular formula is C12H8ClFN2O3. The van der Waals surface area contributed by atoms with Crippen LogP contribution in [-0.4, -0.2) is 9.91 Å². The molecule has 0 atom stereocenters. The van der Waals surface area contributed by atoms with Gasteiger partial charge in [0.2, 0.25) is 5.89 Å². The molecule has 0 unspecified atom stereocenters. The monoisotopic (exact) mass is 282 g/mol. The number of nitro groups is 1. The standard InChI is InChI=1S/C12H8ClFN2O3/c13-6-9-7-19-12(15-9)4-2-8-1-3-10(16(17)18)5-11(8)14/h1-5,7H,6H2/b4-2+. The molecule has 2 aromatic rings. The van der Waals surface area contributed by atoms with Crippen LogP contribution in [0.2, 0.25) is 0 Å². The van der Waals surface area contributed by atoms with Crippen LogP contribution in [0, 0.1) is 15.9 Å². The summed E-state index contributed by atoms with van der Waals surface area (Å²) >= 11 is 5.56. The largest absolute Gasteiger partial charge is 0.445 e. The third kappa shape index (κ3) is 3.17. The highest BCUT2D eigenvalue weighted by Crippen LogP contribution is 2.18. The summed E-state index contributed by atoms with van der Waals surface area (Å²) in [5.41, 5.74) is 0.483. The molecule has 0 saturated carbocycles. The third-order valence-corrected chi connectivity index (χ3v) is 2.58. The number of nitro benzene ring substituents is 1. The molecule has 0 fully saturated rings. The number of rotatable bonds is 4. The molecule has 0 aliphatic rings. The van der Waals surface area contributed by atoms with E-state index in [0.29, 0.717) is 5.69 Å². The van der Waals surface area contributed by atoms with Crippen LogP contribution in [0.25, 0.3) is 12.2 Å². The van der Waals surface area contributed by atoms with E-state index >= 15 is 0 Å². The number of aromatic nitrogens is 1. The van der Waals surface area contributed by atoms with Gasteiger partial charge < -0.3 is 4.42 Å². The number of halogens is 2. The Balaban J connectivity index is 2.21. The van der Waals surface area contributed by atoms with E-state index in [0.717, 1.165) is 6.07 Å². The molecule has 5 nitrogen and oxygen atoms in total. The van der Waals surface area contributed by atoms with E-state index in [4.69, 9.17) is 16.0 Å². The highest BCUT2D eigenvalue weighted by molar-refractivity contribution is 6.16. The van der Waals surface area contributed by atoms with Gasteiger partial charge in [-0.25, -0.2) is 9.37 Å². The van der Waals surface area contributed by atoms with Gasteiger partial charge in [0.15, 0.2) is 0 Å². The van der Waals surface area contributed by atoms with Crippen molar-refractivity contribution in [2.75, 3.05) is 0 Å². The van der Waals surface area contributed by atoms with Gasteiger partial charge in [0.1, 0.15) is 12.1 Å². The molecule has 1 aromatic heterocycles. The van der Waals surface area contributed by atoms with Crippen LogP contribution >= 0.6 is 11.6 Å². The molecule has 1 heterocycles. The zero-order chi connectivity index (χ0) is 13.8. The fourth-order valence-electron chi connectivity index (χ4n) is 1.39. The highest BCUT2D eigenvalue weighted by Gasteiger charge is 2.09. The summed E-state index contributed by atoms with van der Waals surface area (Å²) in [5.74, 6) is -0.175. The molecule has 0 saturated heterocycles. The zero-order valence-corrected chi connectivity index (χ0v) is 10.3. The van der Waals surface area contributed by atoms with Gasteiger partial charge in [-0.05, 0) is 12.1 Å². The fraction of sp³-hybridized carbons (Fsp3) is 0.0833. The van der Waals surface area contributed by atoms with Crippen molar-refractivity contribution in [2.24, 2.45) is 0 Å². The molecule has 0 radical (unpaired) electrons. The minimum Gasteiger partial charge on any atom is -0.445 e. The number of hydrogen-bond acceptors (Lipinski definition) is 4. The SMILES string of the molecule is O=[N+]([O-])c1ccc(/C=C/c2nc(CCl)co2)c(F)c1. The summed E-state index contributed by atoms with van der Waals surface area (Å²) in [7, 11) is 0. The molecule has 19 heavy (non-hydrogen) atoms. The van der Waals surface area contributed by atoms with E-state index in [9.17, 15) is 14.5 Å². The van der Waals surface area contributed by atoms with Crippen molar-refractivity contribution in [3.8, 4) is 0 Å². The minimum atomic E-state index is -0.686. The van der Waals surface area contributed by atoms with Gasteiger partial charge in [0.05, 0.1) is 22.6 Å². The van der Waals surface area contributed by atoms with E-state index in [1.165, 1.54) is 30.5 Å². The van der Waals surface area contributed by atoms with Crippen LogP contribution < -0.4 is 0 Å². The maximum atomic E-state index is 13.6. The van der Waals surface area contributed by atoms with Gasteiger partial charge in [0, 0.05) is 17.7 Å². The first kappa shape index (κ1) is 13.2. The zero-order valence-electron chi connectivity index (χ0n) is 9.55. The molecule has 0 N–H and O–H groups in total. The van der Waals surface area contributed by atoms with Crippen LogP contribution in [0.5, 0.6) is 0 Å². The Hall–Kier alpha value is -2.21. The Bertz CT molecular complexity index is 640. The van der Waals surface area contributed by atoms with Gasteiger partial charge in [-0.2, -0.15) is 0 Å². The lowest BCUT2D eigenvalue weighted by atomic mass is 10.2. The van der Waals surface area contributed by atoms with Crippen molar-refractivity contribution in [3.63, 3.8) is 0 Å². The lowest BCUT2D eigenvalue weighted by molar-refractivity contribution is -0.385. The maximum absolute atomic E-state index is 13.6. The lowest BCUT2D eigenvalue weighted by Gasteiger charge is -1.96. The molecule has 0 bridgehead atoms. The van der Waals surface area contributed by atoms with E-state index < -0.39 is 10.7 Å². The lowest BCUT2D eigenvalue weighted by Crippen LogP contribution is -1.90. The first-order valence-electron chi connectivity index (χ1n) is 5.22. The summed E-state index contributed by atoms with van der Waals surface area (Å²) in [6.07, 6.45) is 4.28. The molecule has 0 amide bonds. The normalized spacial score (nSPS) is 11.1. The number of non-ortho nitro benzene ring substituents is 1. The van der Waals surface area contributed by atoms with Crippen molar-refractivity contribution in [1.82, 2.24) is 4.98 Å². The Morgan fingerprint density at radius 1 is 1.47 bits per heavy atom. The van der Waals surface area contributed by atoms with E-state index in [1.807, 2.05) is 0 Å². The predicted octanol–water partition coefficient (Wildman–Crippen LogP) is 3.63. The number of alkyl halides is 1. The number of benzene rings is 1. The van der Waals surface area contributed by atoms with Crippen LogP contribution in [0.1, 0.15) is 17.1 Å². The fourth-order valence-corrected chi connectivity index (χ4v) is 1.51. The van der Waals surface area contributed by atoms with Crippen molar-refractivity contribution in [2.45, 2.75) is 5.88 Å². The van der Waals surface area contributed by atoms with Gasteiger partial charge >= 0.3 is 0 Å². The number of hydrogen-bond donors (Lipinski definition) is 0. The quantitative estimate of drug-likeness (QED) is 0.488. The van der Waals surface area contributed by atoms with Gasteiger partial charge in [-0.3, -0.25) is 10.1 Å². The second kappa shape index (κ2) is 5.62. The molecule has 98 valence electrons. The first-order valence-corrected chi connectivity index (χ1v) is 5.76. The summed E-state index contributed by atoms with van der Waals surface area (Å²) < 4.78 is 18.6. The van der Waals surface area contributed by atoms with Crippen molar-refractivity contribution >= 4 is 29.4 Å². The van der Waals surface area contributed by atoms with Gasteiger partial charge in [0.25, 0.3) is 5.69 Å². The van der Waals surface area contributed by atoms with Crippen LogP contribution in [0.15, 0.2) is 28.9 Å². The number of nitrogens with zero attached hydrogens (tertiary/aromatic N) is 2. The second-order valence-electron chi connectivity index (χ2n) is 3.61. The summed E-state index contributed by atoms with van der Waals surface area (Å²) in [5, 5.41) is 10.5. The molecule has 2 rings (SSSR count). The Kier molecular flexibility index (Phi) is 3.91. The second-order valence-corrected chi connectivity index (χ2v) is 3.87. The Morgan fingerprint density at radius 2 is 2.26 bits per heavy atom. The predicted molar refractivity (Wildman–Crippen MR) is 68.0 cm³/mol. The van der Waals surface area contributed by atoms with Crippen molar-refractivity contribution < 1.29 is 13.7 Å². The topological polar surface area (TPSA) is 69.2 Å².